The second-order valence-electron chi connectivity index (χ2n) is 4.54. The molecular weight excluding hydrogens is 260 g/mol. The molecular formula is C14H15ClN4. The smallest absolute Gasteiger partial charge is 0.145 e. The van der Waals surface area contributed by atoms with Crippen molar-refractivity contribution in [3.05, 3.63) is 47.7 Å². The van der Waals surface area contributed by atoms with Gasteiger partial charge in [0.2, 0.25) is 0 Å². The molecule has 4 nitrogen and oxygen atoms in total. The van der Waals surface area contributed by atoms with Crippen molar-refractivity contribution in [1.82, 2.24) is 14.3 Å². The van der Waals surface area contributed by atoms with Crippen LogP contribution in [0.25, 0.3) is 10.9 Å². The number of hydrogen-bond donors (Lipinski definition) is 1. The predicted octanol–water partition coefficient (Wildman–Crippen LogP) is 3.16. The summed E-state index contributed by atoms with van der Waals surface area (Å²) in [5.41, 5.74) is 6.76. The van der Waals surface area contributed by atoms with Gasteiger partial charge < -0.3 is 10.3 Å². The summed E-state index contributed by atoms with van der Waals surface area (Å²) in [4.78, 5) is 0. The lowest BCUT2D eigenvalue weighted by Crippen LogP contribution is -2.04. The molecule has 0 fully saturated rings. The normalized spacial score (nSPS) is 11.2. The molecule has 0 radical (unpaired) electrons. The molecule has 19 heavy (non-hydrogen) atoms. The van der Waals surface area contributed by atoms with Crippen molar-refractivity contribution in [2.24, 2.45) is 0 Å². The van der Waals surface area contributed by atoms with Crippen LogP contribution in [0.2, 0.25) is 5.02 Å². The van der Waals surface area contributed by atoms with Crippen LogP contribution in [-0.4, -0.2) is 14.3 Å². The average molecular weight is 275 g/mol. The molecule has 0 saturated heterocycles. The number of rotatable bonds is 4. The van der Waals surface area contributed by atoms with Crippen LogP contribution in [0.4, 0.5) is 5.82 Å². The minimum Gasteiger partial charge on any atom is -0.382 e. The second kappa shape index (κ2) is 4.97. The first-order valence-corrected chi connectivity index (χ1v) is 6.64. The van der Waals surface area contributed by atoms with E-state index < -0.39 is 0 Å². The molecule has 3 rings (SSSR count). The number of halogens is 1. The molecule has 98 valence electrons. The molecule has 0 atom stereocenters. The largest absolute Gasteiger partial charge is 0.382 e. The van der Waals surface area contributed by atoms with Gasteiger partial charge in [0.15, 0.2) is 0 Å². The standard InChI is InChI=1S/C14H15ClN4/c15-12-10-18(13-5-2-1-4-11(12)13)7-3-8-19-9-6-14(16)17-19/h1-2,4-6,9-10H,3,7-8H2,(H2,16,17). The first-order valence-electron chi connectivity index (χ1n) is 6.26. The van der Waals surface area contributed by atoms with E-state index in [2.05, 4.69) is 15.7 Å². The third kappa shape index (κ3) is 2.44. The summed E-state index contributed by atoms with van der Waals surface area (Å²) in [5, 5.41) is 6.08. The van der Waals surface area contributed by atoms with Crippen LogP contribution in [0.15, 0.2) is 42.7 Å². The Kier molecular flexibility index (Phi) is 3.17. The highest BCUT2D eigenvalue weighted by Crippen LogP contribution is 2.25. The van der Waals surface area contributed by atoms with Gasteiger partial charge >= 0.3 is 0 Å². The monoisotopic (exact) mass is 274 g/mol. The van der Waals surface area contributed by atoms with Crippen LogP contribution >= 0.6 is 11.6 Å². The summed E-state index contributed by atoms with van der Waals surface area (Å²) in [5.74, 6) is 0.564. The molecule has 0 saturated carbocycles. The summed E-state index contributed by atoms with van der Waals surface area (Å²) in [6.07, 6.45) is 4.87. The lowest BCUT2D eigenvalue weighted by molar-refractivity contribution is 0.535. The Morgan fingerprint density at radius 1 is 1.16 bits per heavy atom. The van der Waals surface area contributed by atoms with Crippen molar-refractivity contribution in [1.29, 1.82) is 0 Å². The molecule has 0 unspecified atom stereocenters. The number of nitrogens with two attached hydrogens (primary N) is 1. The SMILES string of the molecule is Nc1ccn(CCCn2cc(Cl)c3ccccc32)n1. The molecule has 0 aliphatic carbocycles. The number of aromatic nitrogens is 3. The Morgan fingerprint density at radius 2 is 2.00 bits per heavy atom. The van der Waals surface area contributed by atoms with Gasteiger partial charge in [0, 0.05) is 36.4 Å². The van der Waals surface area contributed by atoms with Gasteiger partial charge in [-0.3, -0.25) is 4.68 Å². The van der Waals surface area contributed by atoms with Gasteiger partial charge in [-0.25, -0.2) is 0 Å². The van der Waals surface area contributed by atoms with E-state index in [1.165, 1.54) is 5.52 Å². The van der Waals surface area contributed by atoms with Gasteiger partial charge in [-0.2, -0.15) is 5.10 Å². The molecule has 0 aliphatic rings. The van der Waals surface area contributed by atoms with Gasteiger partial charge in [-0.1, -0.05) is 29.8 Å². The minimum atomic E-state index is 0.564. The van der Waals surface area contributed by atoms with E-state index in [-0.39, 0.29) is 0 Å². The maximum absolute atomic E-state index is 6.22. The summed E-state index contributed by atoms with van der Waals surface area (Å²) in [6.45, 7) is 1.76. The van der Waals surface area contributed by atoms with Crippen molar-refractivity contribution in [2.45, 2.75) is 19.5 Å². The summed E-state index contributed by atoms with van der Waals surface area (Å²) in [6, 6.07) is 9.98. The molecule has 2 aromatic heterocycles. The number of aryl methyl sites for hydroxylation is 2. The van der Waals surface area contributed by atoms with E-state index >= 15 is 0 Å². The Morgan fingerprint density at radius 3 is 2.79 bits per heavy atom. The highest BCUT2D eigenvalue weighted by molar-refractivity contribution is 6.35. The third-order valence-electron chi connectivity index (χ3n) is 3.19. The zero-order valence-electron chi connectivity index (χ0n) is 10.5. The average Bonchev–Trinajstić information content (AvgIpc) is 2.96. The number of hydrogen-bond acceptors (Lipinski definition) is 2. The fraction of sp³-hybridized carbons (Fsp3) is 0.214. The Hall–Kier alpha value is -1.94. The second-order valence-corrected chi connectivity index (χ2v) is 4.95. The van der Waals surface area contributed by atoms with Gasteiger partial charge in [-0.15, -0.1) is 0 Å². The Labute approximate surface area is 116 Å². The van der Waals surface area contributed by atoms with Crippen molar-refractivity contribution < 1.29 is 0 Å². The van der Waals surface area contributed by atoms with E-state index in [9.17, 15) is 0 Å². The van der Waals surface area contributed by atoms with Crippen molar-refractivity contribution in [2.75, 3.05) is 5.73 Å². The molecule has 3 aromatic rings. The van der Waals surface area contributed by atoms with Gasteiger partial charge in [-0.05, 0) is 18.6 Å². The highest BCUT2D eigenvalue weighted by atomic mass is 35.5. The van der Waals surface area contributed by atoms with E-state index in [1.807, 2.05) is 41.3 Å². The maximum Gasteiger partial charge on any atom is 0.145 e. The highest BCUT2D eigenvalue weighted by Gasteiger charge is 2.05. The number of anilines is 1. The van der Waals surface area contributed by atoms with Gasteiger partial charge in [0.25, 0.3) is 0 Å². The molecule has 1 aromatic carbocycles. The molecule has 2 N–H and O–H groups in total. The van der Waals surface area contributed by atoms with E-state index in [0.29, 0.717) is 5.82 Å². The zero-order valence-corrected chi connectivity index (χ0v) is 11.2. The fourth-order valence-electron chi connectivity index (χ4n) is 2.29. The van der Waals surface area contributed by atoms with Crippen molar-refractivity contribution in [3.63, 3.8) is 0 Å². The minimum absolute atomic E-state index is 0.564. The van der Waals surface area contributed by atoms with Crippen LogP contribution in [0.3, 0.4) is 0 Å². The van der Waals surface area contributed by atoms with E-state index in [4.69, 9.17) is 17.3 Å². The molecule has 0 aliphatic heterocycles. The topological polar surface area (TPSA) is 48.8 Å². The van der Waals surface area contributed by atoms with Gasteiger partial charge in [0.1, 0.15) is 5.82 Å². The lowest BCUT2D eigenvalue weighted by atomic mass is 10.2. The molecule has 2 heterocycles. The van der Waals surface area contributed by atoms with Crippen LogP contribution in [0.1, 0.15) is 6.42 Å². The number of nitrogens with zero attached hydrogens (tertiary/aromatic N) is 3. The number of para-hydroxylation sites is 1. The van der Waals surface area contributed by atoms with Crippen molar-refractivity contribution >= 4 is 28.3 Å². The zero-order chi connectivity index (χ0) is 13.2. The molecule has 0 spiro atoms. The summed E-state index contributed by atoms with van der Waals surface area (Å²) >= 11 is 6.22. The fourth-order valence-corrected chi connectivity index (χ4v) is 2.57. The Balaban J connectivity index is 1.72. The first-order chi connectivity index (χ1) is 9.24. The Bertz CT molecular complexity index is 698. The summed E-state index contributed by atoms with van der Waals surface area (Å²) in [7, 11) is 0. The van der Waals surface area contributed by atoms with E-state index in [1.54, 1.807) is 0 Å². The molecule has 0 bridgehead atoms. The van der Waals surface area contributed by atoms with Crippen LogP contribution in [0, 0.1) is 0 Å². The number of benzene rings is 1. The maximum atomic E-state index is 6.22. The third-order valence-corrected chi connectivity index (χ3v) is 3.49. The van der Waals surface area contributed by atoms with Crippen LogP contribution in [-0.2, 0) is 13.1 Å². The quantitative estimate of drug-likeness (QED) is 0.794. The van der Waals surface area contributed by atoms with Gasteiger partial charge in [0.05, 0.1) is 5.02 Å². The predicted molar refractivity (Wildman–Crippen MR) is 78.2 cm³/mol. The van der Waals surface area contributed by atoms with Crippen LogP contribution in [0.5, 0.6) is 0 Å². The molecule has 0 amide bonds. The van der Waals surface area contributed by atoms with Crippen LogP contribution < -0.4 is 5.73 Å². The first kappa shape index (κ1) is 12.1. The van der Waals surface area contributed by atoms with Crippen molar-refractivity contribution in [3.8, 4) is 0 Å². The summed E-state index contributed by atoms with van der Waals surface area (Å²) < 4.78 is 4.05. The lowest BCUT2D eigenvalue weighted by Gasteiger charge is -2.05. The van der Waals surface area contributed by atoms with E-state index in [0.717, 1.165) is 29.9 Å². The number of nitrogen functional groups attached to an aromatic ring is 1. The molecule has 5 heteroatoms. The number of fused-ring (bicyclic) bond motifs is 1.